The molecule has 1 saturated heterocycles. The topological polar surface area (TPSA) is 78.5 Å². The summed E-state index contributed by atoms with van der Waals surface area (Å²) in [7, 11) is -3.56. The summed E-state index contributed by atoms with van der Waals surface area (Å²) < 4.78 is 27.6. The Bertz CT molecular complexity index is 738. The first-order chi connectivity index (χ1) is 11.9. The van der Waals surface area contributed by atoms with Gasteiger partial charge in [-0.2, -0.15) is 0 Å². The third-order valence-electron chi connectivity index (χ3n) is 4.85. The van der Waals surface area contributed by atoms with E-state index < -0.39 is 10.0 Å². The van der Waals surface area contributed by atoms with Gasteiger partial charge in [0.2, 0.25) is 10.0 Å². The van der Waals surface area contributed by atoms with Gasteiger partial charge in [0.1, 0.15) is 0 Å². The summed E-state index contributed by atoms with van der Waals surface area (Å²) in [5, 5.41) is 3.30. The molecule has 0 bridgehead atoms. The fourth-order valence-corrected chi connectivity index (χ4v) is 4.57. The van der Waals surface area contributed by atoms with Crippen molar-refractivity contribution in [2.24, 2.45) is 0 Å². The van der Waals surface area contributed by atoms with E-state index in [0.717, 1.165) is 44.3 Å². The summed E-state index contributed by atoms with van der Waals surface area (Å²) in [5.74, 6) is -0.0727. The van der Waals surface area contributed by atoms with Crippen molar-refractivity contribution in [1.82, 2.24) is 14.9 Å². The molecular formula is C18H27N3O3S. The molecule has 1 aliphatic heterocycles. The maximum absolute atomic E-state index is 13.1. The first-order valence-corrected chi connectivity index (χ1v) is 10.6. The van der Waals surface area contributed by atoms with Crippen molar-refractivity contribution in [2.45, 2.75) is 56.5 Å². The quantitative estimate of drug-likeness (QED) is 0.770. The number of aryl methyl sites for hydroxylation is 1. The minimum atomic E-state index is -3.56. The Balaban J connectivity index is 1.88. The Morgan fingerprint density at radius 1 is 1.32 bits per heavy atom. The van der Waals surface area contributed by atoms with E-state index in [0.29, 0.717) is 12.1 Å². The number of benzene rings is 1. The lowest BCUT2D eigenvalue weighted by molar-refractivity contribution is 0.0691. The van der Waals surface area contributed by atoms with E-state index in [4.69, 9.17) is 0 Å². The van der Waals surface area contributed by atoms with Crippen LogP contribution < -0.4 is 10.0 Å². The Morgan fingerprint density at radius 3 is 2.68 bits per heavy atom. The summed E-state index contributed by atoms with van der Waals surface area (Å²) in [6.45, 7) is 6.30. The number of hydrogen-bond acceptors (Lipinski definition) is 4. The van der Waals surface area contributed by atoms with Crippen LogP contribution in [0, 0.1) is 6.92 Å². The molecule has 7 heteroatoms. The van der Waals surface area contributed by atoms with E-state index in [2.05, 4.69) is 17.0 Å². The van der Waals surface area contributed by atoms with E-state index in [9.17, 15) is 13.2 Å². The van der Waals surface area contributed by atoms with Gasteiger partial charge in [-0.3, -0.25) is 4.79 Å². The monoisotopic (exact) mass is 365 g/mol. The molecule has 2 aliphatic rings. The number of sulfonamides is 1. The van der Waals surface area contributed by atoms with Crippen molar-refractivity contribution < 1.29 is 13.2 Å². The summed E-state index contributed by atoms with van der Waals surface area (Å²) in [5.41, 5.74) is 1.29. The molecule has 1 amide bonds. The second-order valence-corrected chi connectivity index (χ2v) is 8.73. The molecule has 138 valence electrons. The van der Waals surface area contributed by atoms with Crippen LogP contribution in [0.2, 0.25) is 0 Å². The third kappa shape index (κ3) is 4.22. The molecule has 0 spiro atoms. The van der Waals surface area contributed by atoms with Gasteiger partial charge in [0.25, 0.3) is 5.91 Å². The largest absolute Gasteiger partial charge is 0.334 e. The molecule has 1 aliphatic carbocycles. The lowest BCUT2D eigenvalue weighted by Gasteiger charge is -2.29. The molecule has 1 saturated carbocycles. The standard InChI is InChI=1S/C18H27N3O3S/c1-3-10-21(15-8-9-19-12-15)18(22)17-11-16(7-4-13(17)2)25(23,24)20-14-5-6-14/h4,7,11,14-15,19-20H,3,5-6,8-10,12H2,1-2H3. The average molecular weight is 365 g/mol. The van der Waals surface area contributed by atoms with E-state index in [-0.39, 0.29) is 22.9 Å². The second kappa shape index (κ2) is 7.43. The van der Waals surface area contributed by atoms with Crippen LogP contribution in [0.5, 0.6) is 0 Å². The van der Waals surface area contributed by atoms with Gasteiger partial charge in [-0.25, -0.2) is 13.1 Å². The third-order valence-corrected chi connectivity index (χ3v) is 6.37. The summed E-state index contributed by atoms with van der Waals surface area (Å²) in [6.07, 6.45) is 3.58. The van der Waals surface area contributed by atoms with E-state index in [1.165, 1.54) is 6.07 Å². The zero-order valence-electron chi connectivity index (χ0n) is 14.9. The summed E-state index contributed by atoms with van der Waals surface area (Å²) in [4.78, 5) is 15.2. The van der Waals surface area contributed by atoms with Crippen LogP contribution >= 0.6 is 0 Å². The second-order valence-electron chi connectivity index (χ2n) is 7.02. The minimum Gasteiger partial charge on any atom is -0.334 e. The highest BCUT2D eigenvalue weighted by atomic mass is 32.2. The highest BCUT2D eigenvalue weighted by Crippen LogP contribution is 2.24. The number of carbonyl (C=O) groups excluding carboxylic acids is 1. The number of nitrogens with one attached hydrogen (secondary N) is 2. The van der Waals surface area contributed by atoms with Gasteiger partial charge in [0, 0.05) is 30.7 Å². The van der Waals surface area contributed by atoms with Gasteiger partial charge in [0.15, 0.2) is 0 Å². The first kappa shape index (κ1) is 18.4. The molecule has 25 heavy (non-hydrogen) atoms. The maximum Gasteiger partial charge on any atom is 0.254 e. The fourth-order valence-electron chi connectivity index (χ4n) is 3.24. The molecule has 2 fully saturated rings. The molecule has 2 N–H and O–H groups in total. The van der Waals surface area contributed by atoms with E-state index >= 15 is 0 Å². The molecule has 6 nitrogen and oxygen atoms in total. The predicted molar refractivity (Wildman–Crippen MR) is 97.1 cm³/mol. The van der Waals surface area contributed by atoms with Crippen LogP contribution in [0.1, 0.15) is 48.5 Å². The molecule has 0 radical (unpaired) electrons. The molecule has 0 aromatic heterocycles. The molecule has 1 atom stereocenters. The summed E-state index contributed by atoms with van der Waals surface area (Å²) in [6, 6.07) is 5.07. The SMILES string of the molecule is CCCN(C(=O)c1cc(S(=O)(=O)NC2CC2)ccc1C)C1CCNC1. The minimum absolute atomic E-state index is 0.0478. The number of hydrogen-bond donors (Lipinski definition) is 2. The lowest BCUT2D eigenvalue weighted by Crippen LogP contribution is -2.42. The Kier molecular flexibility index (Phi) is 5.46. The van der Waals surface area contributed by atoms with Crippen LogP contribution in [-0.2, 0) is 10.0 Å². The molecule has 1 aromatic carbocycles. The summed E-state index contributed by atoms with van der Waals surface area (Å²) >= 11 is 0. The number of nitrogens with zero attached hydrogens (tertiary/aromatic N) is 1. The van der Waals surface area contributed by atoms with E-state index in [1.54, 1.807) is 12.1 Å². The van der Waals surface area contributed by atoms with Crippen molar-refractivity contribution in [3.8, 4) is 0 Å². The normalized spacial score (nSPS) is 20.6. The lowest BCUT2D eigenvalue weighted by atomic mass is 10.1. The van der Waals surface area contributed by atoms with Gasteiger partial charge >= 0.3 is 0 Å². The van der Waals surface area contributed by atoms with Crippen molar-refractivity contribution in [3.63, 3.8) is 0 Å². The first-order valence-electron chi connectivity index (χ1n) is 9.07. The van der Waals surface area contributed by atoms with Crippen molar-refractivity contribution >= 4 is 15.9 Å². The Hall–Kier alpha value is -1.44. The number of amides is 1. The van der Waals surface area contributed by atoms with Crippen LogP contribution in [0.25, 0.3) is 0 Å². The van der Waals surface area contributed by atoms with Crippen LogP contribution in [-0.4, -0.2) is 50.9 Å². The smallest absolute Gasteiger partial charge is 0.254 e. The zero-order chi connectivity index (χ0) is 18.0. The Labute approximate surface area is 150 Å². The van der Waals surface area contributed by atoms with Gasteiger partial charge in [-0.15, -0.1) is 0 Å². The molecule has 3 rings (SSSR count). The van der Waals surface area contributed by atoms with Crippen molar-refractivity contribution in [1.29, 1.82) is 0 Å². The predicted octanol–water partition coefficient (Wildman–Crippen LogP) is 1.65. The van der Waals surface area contributed by atoms with Crippen molar-refractivity contribution in [2.75, 3.05) is 19.6 Å². The van der Waals surface area contributed by atoms with Crippen molar-refractivity contribution in [3.05, 3.63) is 29.3 Å². The average Bonchev–Trinajstić information content (AvgIpc) is 3.21. The number of carbonyl (C=O) groups is 1. The molecule has 1 unspecified atom stereocenters. The van der Waals surface area contributed by atoms with E-state index in [1.807, 2.05) is 11.8 Å². The van der Waals surface area contributed by atoms with Gasteiger partial charge in [-0.1, -0.05) is 13.0 Å². The van der Waals surface area contributed by atoms with Gasteiger partial charge in [0.05, 0.1) is 4.90 Å². The maximum atomic E-state index is 13.1. The molecular weight excluding hydrogens is 338 g/mol. The number of rotatable bonds is 7. The van der Waals surface area contributed by atoms with Crippen LogP contribution in [0.3, 0.4) is 0 Å². The fraction of sp³-hybridized carbons (Fsp3) is 0.611. The highest BCUT2D eigenvalue weighted by Gasteiger charge is 2.30. The van der Waals surface area contributed by atoms with Crippen LogP contribution in [0.4, 0.5) is 0 Å². The van der Waals surface area contributed by atoms with Gasteiger partial charge < -0.3 is 10.2 Å². The Morgan fingerprint density at radius 2 is 2.08 bits per heavy atom. The highest BCUT2D eigenvalue weighted by molar-refractivity contribution is 7.89. The molecule has 1 heterocycles. The molecule has 1 aromatic rings. The van der Waals surface area contributed by atoms with Gasteiger partial charge in [-0.05, 0) is 56.8 Å². The van der Waals surface area contributed by atoms with Crippen LogP contribution in [0.15, 0.2) is 23.1 Å². The zero-order valence-corrected chi connectivity index (χ0v) is 15.7.